The Balaban J connectivity index is 5.00. The van der Waals surface area contributed by atoms with Crippen molar-refractivity contribution in [3.63, 3.8) is 0 Å². The summed E-state index contributed by atoms with van der Waals surface area (Å²) in [5.74, 6) is -18.7. The number of hydrogen-bond acceptors (Lipinski definition) is 0. The van der Waals surface area contributed by atoms with Crippen molar-refractivity contribution in [1.82, 2.24) is 0 Å². The number of rotatable bonds is 7. The van der Waals surface area contributed by atoms with Gasteiger partial charge in [0.05, 0.1) is 0 Å². The summed E-state index contributed by atoms with van der Waals surface area (Å²) < 4.78 is 111. The van der Waals surface area contributed by atoms with E-state index >= 15 is 0 Å². The summed E-state index contributed by atoms with van der Waals surface area (Å²) >= 11 is 0. The molecule has 0 heterocycles. The Bertz CT molecular complexity index is 303. The first kappa shape index (κ1) is 18.1. The second-order valence-electron chi connectivity index (χ2n) is 3.89. The molecule has 0 aliphatic rings. The molecule has 19 heavy (non-hydrogen) atoms. The van der Waals surface area contributed by atoms with Gasteiger partial charge < -0.3 is 0 Å². The van der Waals surface area contributed by atoms with E-state index in [0.717, 1.165) is 0 Å². The van der Waals surface area contributed by atoms with Crippen LogP contribution in [0.5, 0.6) is 0 Å². The maximum absolute atomic E-state index is 12.9. The summed E-state index contributed by atoms with van der Waals surface area (Å²) in [6.07, 6.45) is -7.76. The Kier molecular flexibility index (Phi) is 5.36. The molecule has 0 bridgehead atoms. The lowest BCUT2D eigenvalue weighted by molar-refractivity contribution is -0.396. The molecule has 0 nitrogen and oxygen atoms in total. The highest BCUT2D eigenvalue weighted by atomic mass is 19.4. The Morgan fingerprint density at radius 3 is 1.58 bits per heavy atom. The fourth-order valence-corrected chi connectivity index (χ4v) is 1.20. The summed E-state index contributed by atoms with van der Waals surface area (Å²) in [4.78, 5) is 0. The highest BCUT2D eigenvalue weighted by Gasteiger charge is 2.81. The van der Waals surface area contributed by atoms with Crippen molar-refractivity contribution >= 4 is 0 Å². The van der Waals surface area contributed by atoms with Gasteiger partial charge in [-0.25, -0.2) is 0 Å². The fourth-order valence-electron chi connectivity index (χ4n) is 1.20. The van der Waals surface area contributed by atoms with Gasteiger partial charge in [-0.2, -0.15) is 39.5 Å². The minimum atomic E-state index is -6.79. The molecule has 0 aromatic heterocycles. The van der Waals surface area contributed by atoms with E-state index in [1.165, 1.54) is 6.08 Å². The van der Waals surface area contributed by atoms with Gasteiger partial charge in [-0.05, 0) is 19.3 Å². The molecular weight excluding hydrogens is 291 g/mol. The quantitative estimate of drug-likeness (QED) is 0.344. The second kappa shape index (κ2) is 5.62. The summed E-state index contributed by atoms with van der Waals surface area (Å²) in [7, 11) is 0. The van der Waals surface area contributed by atoms with E-state index in [1.807, 2.05) is 0 Å². The number of unbranched alkanes of at least 4 members (excludes halogenated alkanes) is 2. The molecule has 114 valence electrons. The van der Waals surface area contributed by atoms with Crippen LogP contribution in [-0.2, 0) is 0 Å². The van der Waals surface area contributed by atoms with Crippen molar-refractivity contribution in [3.05, 3.63) is 12.7 Å². The summed E-state index contributed by atoms with van der Waals surface area (Å²) in [5.41, 5.74) is 0. The molecule has 0 atom stereocenters. The molecule has 9 heteroatoms. The van der Waals surface area contributed by atoms with Gasteiger partial charge in [0.25, 0.3) is 0 Å². The zero-order valence-corrected chi connectivity index (χ0v) is 9.51. The molecule has 0 aliphatic carbocycles. The molecule has 0 aromatic rings. The molecule has 0 unspecified atom stereocenters. The Labute approximate surface area is 103 Å². The molecular formula is C10H11F9. The van der Waals surface area contributed by atoms with Gasteiger partial charge in [0.2, 0.25) is 0 Å². The molecule has 0 aromatic carbocycles. The first-order valence-electron chi connectivity index (χ1n) is 5.12. The zero-order valence-electron chi connectivity index (χ0n) is 9.51. The van der Waals surface area contributed by atoms with Gasteiger partial charge in [0, 0.05) is 6.42 Å². The predicted octanol–water partition coefficient (Wildman–Crippen LogP) is 5.20. The van der Waals surface area contributed by atoms with Gasteiger partial charge in [-0.3, -0.25) is 0 Å². The first-order valence-corrected chi connectivity index (χ1v) is 5.12. The third-order valence-electron chi connectivity index (χ3n) is 2.36. The van der Waals surface area contributed by atoms with Crippen molar-refractivity contribution in [1.29, 1.82) is 0 Å². The maximum Gasteiger partial charge on any atom is 0.460 e. The predicted molar refractivity (Wildman–Crippen MR) is 49.6 cm³/mol. The lowest BCUT2D eigenvalue weighted by atomic mass is 9.98. The van der Waals surface area contributed by atoms with E-state index in [9.17, 15) is 39.5 Å². The lowest BCUT2D eigenvalue weighted by Crippen LogP contribution is -2.60. The van der Waals surface area contributed by atoms with Crippen molar-refractivity contribution < 1.29 is 39.5 Å². The fraction of sp³-hybridized carbons (Fsp3) is 0.800. The van der Waals surface area contributed by atoms with E-state index in [-0.39, 0.29) is 12.8 Å². The number of allylic oxidation sites excluding steroid dienone is 1. The third kappa shape index (κ3) is 3.56. The van der Waals surface area contributed by atoms with E-state index in [0.29, 0.717) is 0 Å². The summed E-state index contributed by atoms with van der Waals surface area (Å²) in [6.45, 7) is 3.21. The van der Waals surface area contributed by atoms with Crippen LogP contribution < -0.4 is 0 Å². The summed E-state index contributed by atoms with van der Waals surface area (Å²) in [5, 5.41) is 0. The lowest BCUT2D eigenvalue weighted by Gasteiger charge is -2.33. The van der Waals surface area contributed by atoms with Crippen LogP contribution in [0.1, 0.15) is 25.7 Å². The summed E-state index contributed by atoms with van der Waals surface area (Å²) in [6, 6.07) is 0. The van der Waals surface area contributed by atoms with Crippen LogP contribution in [0.3, 0.4) is 0 Å². The molecule has 0 amide bonds. The number of halogens is 9. The normalized spacial score (nSPS) is 14.6. The Morgan fingerprint density at radius 2 is 1.21 bits per heavy atom. The van der Waals surface area contributed by atoms with E-state index in [4.69, 9.17) is 0 Å². The average Bonchev–Trinajstić information content (AvgIpc) is 2.22. The van der Waals surface area contributed by atoms with Crippen LogP contribution >= 0.6 is 0 Å². The highest BCUT2D eigenvalue weighted by molar-refractivity contribution is 5.00. The van der Waals surface area contributed by atoms with Crippen LogP contribution in [0.4, 0.5) is 39.5 Å². The third-order valence-corrected chi connectivity index (χ3v) is 2.36. The Hall–Kier alpha value is -0.890. The number of alkyl halides is 9. The first-order chi connectivity index (χ1) is 8.31. The van der Waals surface area contributed by atoms with Gasteiger partial charge in [-0.1, -0.05) is 6.08 Å². The van der Waals surface area contributed by atoms with Gasteiger partial charge >= 0.3 is 23.9 Å². The van der Waals surface area contributed by atoms with Crippen LogP contribution in [-0.4, -0.2) is 23.9 Å². The van der Waals surface area contributed by atoms with Gasteiger partial charge in [-0.15, -0.1) is 6.58 Å². The van der Waals surface area contributed by atoms with E-state index in [1.54, 1.807) is 0 Å². The van der Waals surface area contributed by atoms with Gasteiger partial charge in [0.1, 0.15) is 0 Å². The maximum atomic E-state index is 12.9. The molecule has 0 aliphatic heterocycles. The van der Waals surface area contributed by atoms with E-state index in [2.05, 4.69) is 6.58 Å². The largest absolute Gasteiger partial charge is 0.460 e. The topological polar surface area (TPSA) is 0 Å². The van der Waals surface area contributed by atoms with Crippen LogP contribution in [0.15, 0.2) is 12.7 Å². The second-order valence-corrected chi connectivity index (χ2v) is 3.89. The molecule has 0 radical (unpaired) electrons. The van der Waals surface area contributed by atoms with Crippen molar-refractivity contribution in [3.8, 4) is 0 Å². The SMILES string of the molecule is C=CCCCCC(F)(F)C(F)(F)C(F)(F)C(F)(F)F. The molecule has 0 fully saturated rings. The van der Waals surface area contributed by atoms with Crippen LogP contribution in [0, 0.1) is 0 Å². The Morgan fingerprint density at radius 1 is 0.737 bits per heavy atom. The minimum Gasteiger partial charge on any atom is -0.200 e. The smallest absolute Gasteiger partial charge is 0.200 e. The highest BCUT2D eigenvalue weighted by Crippen LogP contribution is 2.54. The van der Waals surface area contributed by atoms with Crippen molar-refractivity contribution in [2.45, 2.75) is 49.6 Å². The molecule has 0 rings (SSSR count). The molecule has 0 N–H and O–H groups in total. The van der Waals surface area contributed by atoms with Crippen molar-refractivity contribution in [2.75, 3.05) is 0 Å². The minimum absolute atomic E-state index is 0.0627. The molecule has 0 saturated heterocycles. The molecule has 0 spiro atoms. The number of hydrogen-bond donors (Lipinski definition) is 0. The van der Waals surface area contributed by atoms with E-state index < -0.39 is 36.8 Å². The van der Waals surface area contributed by atoms with Crippen LogP contribution in [0.25, 0.3) is 0 Å². The average molecular weight is 302 g/mol. The zero-order chi connectivity index (χ0) is 15.5. The monoisotopic (exact) mass is 302 g/mol. The standard InChI is InChI=1S/C10H11F9/c1-2-3-4-5-6-7(11,12)8(13,14)9(15,16)10(17,18)19/h2H,1,3-6H2. The van der Waals surface area contributed by atoms with Crippen LogP contribution in [0.2, 0.25) is 0 Å². The van der Waals surface area contributed by atoms with Crippen molar-refractivity contribution in [2.24, 2.45) is 0 Å². The van der Waals surface area contributed by atoms with Gasteiger partial charge in [0.15, 0.2) is 0 Å². The molecule has 0 saturated carbocycles.